The predicted molar refractivity (Wildman–Crippen MR) is 148 cm³/mol. The van der Waals surface area contributed by atoms with Crippen LogP contribution in [0.4, 0.5) is 0 Å². The maximum atomic E-state index is 12.9. The molecule has 1 aromatic heterocycles. The molecule has 1 aromatic carbocycles. The molecule has 0 atom stereocenters. The number of Topliss-reactive ketones (excluding diaryl/α,β-unsaturated/α-hetero) is 1. The molecule has 0 unspecified atom stereocenters. The Kier molecular flexibility index (Phi) is 14.3. The summed E-state index contributed by atoms with van der Waals surface area (Å²) in [6.07, 6.45) is 23.0. The first-order chi connectivity index (χ1) is 16.5. The van der Waals surface area contributed by atoms with Crippen molar-refractivity contribution in [3.63, 3.8) is 0 Å². The van der Waals surface area contributed by atoms with Crippen LogP contribution in [0.15, 0.2) is 30.5 Å². The van der Waals surface area contributed by atoms with Gasteiger partial charge in [-0.15, -0.1) is 0 Å². The minimum absolute atomic E-state index is 0.300. The summed E-state index contributed by atoms with van der Waals surface area (Å²) >= 11 is 6.13. The molecule has 0 N–H and O–H groups in total. The van der Waals surface area contributed by atoms with Crippen LogP contribution in [0.3, 0.4) is 0 Å². The van der Waals surface area contributed by atoms with Crippen LogP contribution in [0, 0.1) is 13.8 Å². The molecule has 190 valence electrons. The highest BCUT2D eigenvalue weighted by molar-refractivity contribution is 6.30. The highest BCUT2D eigenvalue weighted by Gasteiger charge is 2.16. The van der Waals surface area contributed by atoms with Crippen molar-refractivity contribution in [2.24, 2.45) is 0 Å². The summed E-state index contributed by atoms with van der Waals surface area (Å²) < 4.78 is 2.18. The quantitative estimate of drug-likeness (QED) is 0.143. The van der Waals surface area contributed by atoms with E-state index in [0.29, 0.717) is 12.2 Å². The summed E-state index contributed by atoms with van der Waals surface area (Å²) in [6.45, 7) is 7.16. The second kappa shape index (κ2) is 17.0. The lowest BCUT2D eigenvalue weighted by Crippen LogP contribution is -2.05. The van der Waals surface area contributed by atoms with Crippen LogP contribution in [0.2, 0.25) is 5.02 Å². The van der Waals surface area contributed by atoms with Gasteiger partial charge in [0.15, 0.2) is 5.78 Å². The van der Waals surface area contributed by atoms with Crippen LogP contribution in [0.1, 0.15) is 137 Å². The number of unbranched alkanes of at least 4 members (excludes halogenated alkanes) is 14. The molecule has 2 rings (SSSR count). The monoisotopic (exact) mass is 485 g/mol. The average molecular weight is 486 g/mol. The smallest absolute Gasteiger partial charge is 0.164 e. The summed E-state index contributed by atoms with van der Waals surface area (Å²) in [5, 5.41) is 0.753. The number of nitrogens with zero attached hydrogens (tertiary/aromatic N) is 1. The van der Waals surface area contributed by atoms with Gasteiger partial charge in [-0.3, -0.25) is 4.79 Å². The highest BCUT2D eigenvalue weighted by Crippen LogP contribution is 2.22. The van der Waals surface area contributed by atoms with E-state index in [1.807, 2.05) is 18.2 Å². The number of hydrogen-bond acceptors (Lipinski definition) is 1. The number of hydrogen-bond donors (Lipinski definition) is 0. The fourth-order valence-electron chi connectivity index (χ4n) is 5.02. The predicted octanol–water partition coefficient (Wildman–Crippen LogP) is 10.3. The van der Waals surface area contributed by atoms with Gasteiger partial charge in [0.05, 0.1) is 0 Å². The van der Waals surface area contributed by atoms with Crippen LogP contribution in [-0.2, 0) is 6.54 Å². The van der Waals surface area contributed by atoms with Crippen molar-refractivity contribution < 1.29 is 4.79 Å². The molecule has 0 aliphatic carbocycles. The van der Waals surface area contributed by atoms with E-state index < -0.39 is 0 Å². The molecular weight excluding hydrogens is 438 g/mol. The largest absolute Gasteiger partial charge is 0.346 e. The van der Waals surface area contributed by atoms with Gasteiger partial charge >= 0.3 is 0 Å². The second-order valence-corrected chi connectivity index (χ2v) is 10.6. The minimum atomic E-state index is 0.300. The SMILES string of the molecule is CCCCCCCCCCCCCCCCCC(=O)c1c(C)cn(Cc2cccc(Cl)c2)c1C. The van der Waals surface area contributed by atoms with E-state index in [1.165, 1.54) is 89.9 Å². The zero-order chi connectivity index (χ0) is 24.6. The van der Waals surface area contributed by atoms with E-state index in [0.717, 1.165) is 40.4 Å². The molecule has 0 saturated carbocycles. The number of aryl methyl sites for hydroxylation is 1. The zero-order valence-corrected chi connectivity index (χ0v) is 22.9. The van der Waals surface area contributed by atoms with Gasteiger partial charge in [-0.2, -0.15) is 0 Å². The third-order valence-electron chi connectivity index (χ3n) is 7.06. The molecule has 0 aliphatic heterocycles. The summed E-state index contributed by atoms with van der Waals surface area (Å²) in [5.41, 5.74) is 4.24. The summed E-state index contributed by atoms with van der Waals surface area (Å²) in [4.78, 5) is 12.9. The van der Waals surface area contributed by atoms with Gasteiger partial charge in [-0.25, -0.2) is 0 Å². The molecular formula is C31H48ClNO. The van der Waals surface area contributed by atoms with Crippen LogP contribution in [-0.4, -0.2) is 10.4 Å². The Morgan fingerprint density at radius 3 is 1.85 bits per heavy atom. The average Bonchev–Trinajstić information content (AvgIpc) is 3.09. The van der Waals surface area contributed by atoms with Gasteiger partial charge in [-0.05, 0) is 43.5 Å². The number of carbonyl (C=O) groups is 1. The Morgan fingerprint density at radius 2 is 1.32 bits per heavy atom. The van der Waals surface area contributed by atoms with Gasteiger partial charge < -0.3 is 4.57 Å². The zero-order valence-electron chi connectivity index (χ0n) is 22.1. The standard InChI is InChI=1S/C31H48ClNO/c1-4-5-6-7-8-9-10-11-12-13-14-15-16-17-18-22-30(34)31-26(2)24-33(27(31)3)25-28-20-19-21-29(32)23-28/h19-21,23-24H,4-18,22,25H2,1-3H3. The first kappa shape index (κ1) is 28.7. The van der Waals surface area contributed by atoms with Crippen molar-refractivity contribution in [3.8, 4) is 0 Å². The number of carbonyl (C=O) groups excluding carboxylic acids is 1. The third-order valence-corrected chi connectivity index (χ3v) is 7.30. The Hall–Kier alpha value is -1.54. The van der Waals surface area contributed by atoms with Crippen molar-refractivity contribution in [1.82, 2.24) is 4.57 Å². The van der Waals surface area contributed by atoms with Gasteiger partial charge in [0.25, 0.3) is 0 Å². The van der Waals surface area contributed by atoms with Gasteiger partial charge in [0, 0.05) is 35.4 Å². The number of aromatic nitrogens is 1. The van der Waals surface area contributed by atoms with Gasteiger partial charge in [-0.1, -0.05) is 121 Å². The Labute approximate surface area is 214 Å². The molecule has 2 aromatic rings. The fourth-order valence-corrected chi connectivity index (χ4v) is 5.24. The maximum absolute atomic E-state index is 12.9. The van der Waals surface area contributed by atoms with Crippen molar-refractivity contribution in [3.05, 3.63) is 57.9 Å². The molecule has 34 heavy (non-hydrogen) atoms. The van der Waals surface area contributed by atoms with Crippen LogP contribution in [0.5, 0.6) is 0 Å². The van der Waals surface area contributed by atoms with Gasteiger partial charge in [0.1, 0.15) is 0 Å². The first-order valence-electron chi connectivity index (χ1n) is 14.0. The van der Waals surface area contributed by atoms with E-state index >= 15 is 0 Å². The Bertz CT molecular complexity index is 838. The number of ketones is 1. The van der Waals surface area contributed by atoms with E-state index in [2.05, 4.69) is 37.6 Å². The van der Waals surface area contributed by atoms with Crippen molar-refractivity contribution >= 4 is 17.4 Å². The fraction of sp³-hybridized carbons (Fsp3) is 0.645. The second-order valence-electron chi connectivity index (χ2n) is 10.2. The summed E-state index contributed by atoms with van der Waals surface area (Å²) in [7, 11) is 0. The molecule has 0 aliphatic rings. The van der Waals surface area contributed by atoms with Crippen LogP contribution < -0.4 is 0 Å². The molecule has 1 heterocycles. The molecule has 0 radical (unpaired) electrons. The van der Waals surface area contributed by atoms with Crippen molar-refractivity contribution in [1.29, 1.82) is 0 Å². The topological polar surface area (TPSA) is 22.0 Å². The lowest BCUT2D eigenvalue weighted by atomic mass is 10.0. The Morgan fingerprint density at radius 1 is 0.794 bits per heavy atom. The summed E-state index contributed by atoms with van der Waals surface area (Å²) in [6, 6.07) is 7.95. The molecule has 0 spiro atoms. The lowest BCUT2D eigenvalue weighted by molar-refractivity contribution is 0.0978. The molecule has 2 nitrogen and oxygen atoms in total. The molecule has 3 heteroatoms. The molecule has 0 saturated heterocycles. The summed E-state index contributed by atoms with van der Waals surface area (Å²) in [5.74, 6) is 0.300. The maximum Gasteiger partial charge on any atom is 0.164 e. The first-order valence-corrected chi connectivity index (χ1v) is 14.3. The van der Waals surface area contributed by atoms with E-state index in [-0.39, 0.29) is 0 Å². The lowest BCUT2D eigenvalue weighted by Gasteiger charge is -2.08. The molecule has 0 amide bonds. The normalized spacial score (nSPS) is 11.3. The van der Waals surface area contributed by atoms with Crippen molar-refractivity contribution in [2.75, 3.05) is 0 Å². The number of rotatable bonds is 19. The van der Waals surface area contributed by atoms with E-state index in [1.54, 1.807) is 0 Å². The van der Waals surface area contributed by atoms with Crippen LogP contribution >= 0.6 is 11.6 Å². The highest BCUT2D eigenvalue weighted by atomic mass is 35.5. The third kappa shape index (κ3) is 10.8. The van der Waals surface area contributed by atoms with Crippen molar-refractivity contribution in [2.45, 2.75) is 130 Å². The van der Waals surface area contributed by atoms with E-state index in [9.17, 15) is 4.79 Å². The number of benzene rings is 1. The van der Waals surface area contributed by atoms with Crippen LogP contribution in [0.25, 0.3) is 0 Å². The Balaban J connectivity index is 1.55. The van der Waals surface area contributed by atoms with Gasteiger partial charge in [0.2, 0.25) is 0 Å². The van der Waals surface area contributed by atoms with E-state index in [4.69, 9.17) is 11.6 Å². The molecule has 0 fully saturated rings. The number of halogens is 1. The molecule has 0 bridgehead atoms. The minimum Gasteiger partial charge on any atom is -0.346 e.